The minimum atomic E-state index is -4.00. The van der Waals surface area contributed by atoms with Gasteiger partial charge in [-0.25, -0.2) is 17.5 Å². The van der Waals surface area contributed by atoms with E-state index >= 15 is 0 Å². The zero-order valence-electron chi connectivity index (χ0n) is 10.1. The second kappa shape index (κ2) is 6.31. The van der Waals surface area contributed by atoms with Crippen LogP contribution in [0.5, 0.6) is 0 Å². The van der Waals surface area contributed by atoms with Gasteiger partial charge in [-0.2, -0.15) is 11.3 Å². The Hall–Kier alpha value is -0.800. The molecule has 1 aromatic carbocycles. The van der Waals surface area contributed by atoms with Gasteiger partial charge in [-0.05, 0) is 40.6 Å². The van der Waals surface area contributed by atoms with E-state index in [0.717, 1.165) is 6.07 Å². The molecule has 1 atom stereocenters. The van der Waals surface area contributed by atoms with Crippen LogP contribution in [0.3, 0.4) is 0 Å². The lowest BCUT2D eigenvalue weighted by Gasteiger charge is -2.11. The summed E-state index contributed by atoms with van der Waals surface area (Å²) in [6.07, 6.45) is -0.963. The largest absolute Gasteiger partial charge is 0.387 e. The molecule has 1 heterocycles. The molecule has 20 heavy (non-hydrogen) atoms. The Morgan fingerprint density at radius 2 is 2.15 bits per heavy atom. The molecule has 4 nitrogen and oxygen atoms in total. The molecule has 0 bridgehead atoms. The van der Waals surface area contributed by atoms with Gasteiger partial charge in [0.2, 0.25) is 10.0 Å². The van der Waals surface area contributed by atoms with E-state index in [2.05, 4.69) is 20.7 Å². The number of rotatable bonds is 5. The zero-order chi connectivity index (χ0) is 14.8. The first-order valence-corrected chi connectivity index (χ1v) is 8.77. The molecule has 0 saturated carbocycles. The Balaban J connectivity index is 2.11. The maximum atomic E-state index is 13.6. The molecule has 0 aliphatic heterocycles. The van der Waals surface area contributed by atoms with Gasteiger partial charge < -0.3 is 5.11 Å². The average Bonchev–Trinajstić information content (AvgIpc) is 2.89. The van der Waals surface area contributed by atoms with E-state index in [1.165, 1.54) is 23.5 Å². The van der Waals surface area contributed by atoms with Crippen LogP contribution in [0, 0.1) is 5.82 Å². The zero-order valence-corrected chi connectivity index (χ0v) is 13.3. The number of nitrogens with one attached hydrogen (secondary N) is 1. The molecule has 1 aromatic heterocycles. The van der Waals surface area contributed by atoms with Gasteiger partial charge in [0.05, 0.1) is 6.10 Å². The average molecular weight is 380 g/mol. The van der Waals surface area contributed by atoms with Gasteiger partial charge in [-0.15, -0.1) is 0 Å². The van der Waals surface area contributed by atoms with E-state index in [9.17, 15) is 17.9 Å². The molecule has 0 saturated heterocycles. The summed E-state index contributed by atoms with van der Waals surface area (Å²) in [6.45, 7) is -0.214. The highest BCUT2D eigenvalue weighted by atomic mass is 79.9. The quantitative estimate of drug-likeness (QED) is 0.838. The smallest absolute Gasteiger partial charge is 0.243 e. The van der Waals surface area contributed by atoms with E-state index in [4.69, 9.17) is 0 Å². The van der Waals surface area contributed by atoms with E-state index < -0.39 is 26.8 Å². The summed E-state index contributed by atoms with van der Waals surface area (Å²) in [6, 6.07) is 5.37. The fourth-order valence-electron chi connectivity index (χ4n) is 1.54. The molecule has 2 N–H and O–H groups in total. The maximum absolute atomic E-state index is 13.6. The number of hydrogen-bond acceptors (Lipinski definition) is 4. The highest BCUT2D eigenvalue weighted by molar-refractivity contribution is 9.10. The van der Waals surface area contributed by atoms with Gasteiger partial charge in [0, 0.05) is 11.0 Å². The number of halogens is 2. The lowest BCUT2D eigenvalue weighted by molar-refractivity contribution is 0.182. The molecule has 0 radical (unpaired) electrons. The Bertz CT molecular complexity index is 689. The Kier molecular flexibility index (Phi) is 4.92. The first kappa shape index (κ1) is 15.6. The third kappa shape index (κ3) is 3.64. The summed E-state index contributed by atoms with van der Waals surface area (Å²) in [4.78, 5) is -0.446. The normalized spacial score (nSPS) is 13.3. The summed E-state index contributed by atoms with van der Waals surface area (Å²) in [5.41, 5.74) is 0.619. The van der Waals surface area contributed by atoms with Crippen LogP contribution in [0.2, 0.25) is 0 Å². The molecular formula is C12H11BrFNO3S2. The van der Waals surface area contributed by atoms with Crippen LogP contribution < -0.4 is 4.72 Å². The van der Waals surface area contributed by atoms with Crippen molar-refractivity contribution >= 4 is 37.3 Å². The van der Waals surface area contributed by atoms with Gasteiger partial charge in [-0.3, -0.25) is 0 Å². The second-order valence-corrected chi connectivity index (χ2v) is 7.43. The fraction of sp³-hybridized carbons (Fsp3) is 0.167. The van der Waals surface area contributed by atoms with Crippen LogP contribution in [0.15, 0.2) is 44.4 Å². The molecular weight excluding hydrogens is 369 g/mol. The molecule has 2 rings (SSSR count). The molecule has 0 fully saturated rings. The van der Waals surface area contributed by atoms with E-state index in [1.807, 2.05) is 0 Å². The molecule has 0 amide bonds. The van der Waals surface area contributed by atoms with Crippen molar-refractivity contribution in [1.29, 1.82) is 0 Å². The van der Waals surface area contributed by atoms with E-state index in [1.54, 1.807) is 16.8 Å². The lowest BCUT2D eigenvalue weighted by Crippen LogP contribution is -2.29. The van der Waals surface area contributed by atoms with Crippen LogP contribution in [0.25, 0.3) is 0 Å². The summed E-state index contributed by atoms with van der Waals surface area (Å²) < 4.78 is 40.2. The van der Waals surface area contributed by atoms with Gasteiger partial charge in [0.1, 0.15) is 10.7 Å². The minimum Gasteiger partial charge on any atom is -0.387 e. The summed E-state index contributed by atoms with van der Waals surface area (Å²) in [7, 11) is -4.00. The lowest BCUT2D eigenvalue weighted by atomic mass is 10.2. The maximum Gasteiger partial charge on any atom is 0.243 e. The number of sulfonamides is 1. The summed E-state index contributed by atoms with van der Waals surface area (Å²) >= 11 is 4.46. The van der Waals surface area contributed by atoms with Crippen molar-refractivity contribution in [3.63, 3.8) is 0 Å². The van der Waals surface area contributed by atoms with Crippen LogP contribution in [0.1, 0.15) is 11.7 Å². The van der Waals surface area contributed by atoms with E-state index in [-0.39, 0.29) is 6.54 Å². The van der Waals surface area contributed by atoms with Crippen LogP contribution in [-0.2, 0) is 10.0 Å². The van der Waals surface area contributed by atoms with Gasteiger partial charge >= 0.3 is 0 Å². The Morgan fingerprint density at radius 3 is 2.75 bits per heavy atom. The molecule has 0 spiro atoms. The molecule has 2 aromatic rings. The monoisotopic (exact) mass is 379 g/mol. The predicted molar refractivity (Wildman–Crippen MR) is 78.6 cm³/mol. The second-order valence-electron chi connectivity index (χ2n) is 4.00. The first-order valence-electron chi connectivity index (χ1n) is 5.55. The molecule has 108 valence electrons. The van der Waals surface area contributed by atoms with Crippen molar-refractivity contribution in [3.05, 3.63) is 50.9 Å². The summed E-state index contributed by atoms with van der Waals surface area (Å²) in [5, 5.41) is 13.3. The number of hydrogen-bond donors (Lipinski definition) is 2. The van der Waals surface area contributed by atoms with Crippen molar-refractivity contribution in [3.8, 4) is 0 Å². The third-order valence-electron chi connectivity index (χ3n) is 2.58. The van der Waals surface area contributed by atoms with Gasteiger partial charge in [0.15, 0.2) is 0 Å². The van der Waals surface area contributed by atoms with Crippen LogP contribution in [-0.4, -0.2) is 20.1 Å². The Labute approximate surface area is 128 Å². The van der Waals surface area contributed by atoms with Crippen molar-refractivity contribution in [1.82, 2.24) is 4.72 Å². The third-order valence-corrected chi connectivity index (χ3v) is 5.23. The highest BCUT2D eigenvalue weighted by Gasteiger charge is 2.20. The SMILES string of the molecule is O=S(=O)(NCC(O)c1ccsc1)c1ccc(Br)cc1F. The fourth-order valence-corrected chi connectivity index (χ4v) is 3.68. The molecule has 0 aliphatic carbocycles. The Morgan fingerprint density at radius 1 is 1.40 bits per heavy atom. The van der Waals surface area contributed by atoms with Gasteiger partial charge in [0.25, 0.3) is 0 Å². The van der Waals surface area contributed by atoms with Crippen molar-refractivity contribution in [2.75, 3.05) is 6.54 Å². The van der Waals surface area contributed by atoms with Crippen molar-refractivity contribution < 1.29 is 17.9 Å². The number of benzene rings is 1. The van der Waals surface area contributed by atoms with E-state index in [0.29, 0.717) is 10.0 Å². The van der Waals surface area contributed by atoms with Crippen LogP contribution >= 0.6 is 27.3 Å². The first-order chi connectivity index (χ1) is 9.40. The van der Waals surface area contributed by atoms with Crippen LogP contribution in [0.4, 0.5) is 4.39 Å². The van der Waals surface area contributed by atoms with Crippen molar-refractivity contribution in [2.24, 2.45) is 0 Å². The number of aliphatic hydroxyl groups is 1. The van der Waals surface area contributed by atoms with Gasteiger partial charge in [-0.1, -0.05) is 15.9 Å². The minimum absolute atomic E-state index is 0.214. The topological polar surface area (TPSA) is 66.4 Å². The van der Waals surface area contributed by atoms with Crippen molar-refractivity contribution in [2.45, 2.75) is 11.0 Å². The molecule has 8 heteroatoms. The number of thiophene rings is 1. The predicted octanol–water partition coefficient (Wildman–Crippen LogP) is 2.66. The molecule has 0 aliphatic rings. The molecule has 1 unspecified atom stereocenters. The summed E-state index contributed by atoms with van der Waals surface area (Å²) in [5.74, 6) is -0.850. The number of aliphatic hydroxyl groups excluding tert-OH is 1. The standard InChI is InChI=1S/C12H11BrFNO3S2/c13-9-1-2-12(10(14)5-9)20(17,18)15-6-11(16)8-3-4-19-7-8/h1-5,7,11,15-16H,6H2. The highest BCUT2D eigenvalue weighted by Crippen LogP contribution is 2.20.